The average molecular weight is 248 g/mol. The molecule has 86 valence electrons. The van der Waals surface area contributed by atoms with Crippen LogP contribution in [0.1, 0.15) is 28.0 Å². The summed E-state index contributed by atoms with van der Waals surface area (Å²) in [6.45, 7) is 0. The molecule has 1 amide bonds. The molecule has 0 saturated carbocycles. The second-order valence-corrected chi connectivity index (χ2v) is 4.04. The van der Waals surface area contributed by atoms with Gasteiger partial charge in [0.1, 0.15) is 12.0 Å². The van der Waals surface area contributed by atoms with Crippen molar-refractivity contribution in [2.45, 2.75) is 12.5 Å². The summed E-state index contributed by atoms with van der Waals surface area (Å²) in [7, 11) is 0. The third-order valence-electron chi connectivity index (χ3n) is 2.44. The summed E-state index contributed by atoms with van der Waals surface area (Å²) in [6.07, 6.45) is 5.93. The highest BCUT2D eigenvalue weighted by Gasteiger charge is 2.23. The summed E-state index contributed by atoms with van der Waals surface area (Å²) in [5, 5.41) is 8.95. The Kier molecular flexibility index (Phi) is 2.41. The van der Waals surface area contributed by atoms with Crippen LogP contribution in [0.4, 0.5) is 0 Å². The molecule has 0 radical (unpaired) electrons. The zero-order chi connectivity index (χ0) is 11.7. The third-order valence-corrected chi connectivity index (χ3v) is 3.02. The third kappa shape index (κ3) is 1.82. The number of fused-ring (bicyclic) bond motifs is 1. The highest BCUT2D eigenvalue weighted by molar-refractivity contribution is 6.99. The lowest BCUT2D eigenvalue weighted by molar-refractivity contribution is 0.0933. The highest BCUT2D eigenvalue weighted by Crippen LogP contribution is 2.22. The summed E-state index contributed by atoms with van der Waals surface area (Å²) < 4.78 is 8.36. The molecule has 0 saturated heterocycles. The van der Waals surface area contributed by atoms with Crippen molar-refractivity contribution in [3.63, 3.8) is 0 Å². The molecule has 2 aromatic heterocycles. The fourth-order valence-electron chi connectivity index (χ4n) is 1.64. The Labute approximate surface area is 100 Å². The minimum absolute atomic E-state index is 0.189. The lowest BCUT2D eigenvalue weighted by Crippen LogP contribution is -2.30. The Hall–Kier alpha value is -2.09. The molecule has 2 N–H and O–H groups in total. The van der Waals surface area contributed by atoms with E-state index in [9.17, 15) is 4.79 Å². The molecule has 2 heterocycles. The Bertz CT molecular complexity index is 560. The lowest BCUT2D eigenvalue weighted by atomic mass is 10.0. The van der Waals surface area contributed by atoms with Crippen molar-refractivity contribution < 1.29 is 4.79 Å². The van der Waals surface area contributed by atoms with Gasteiger partial charge in [0.15, 0.2) is 0 Å². The van der Waals surface area contributed by atoms with Crippen LogP contribution < -0.4 is 5.32 Å². The van der Waals surface area contributed by atoms with Crippen LogP contribution in [0.15, 0.2) is 18.5 Å². The van der Waals surface area contributed by atoms with Crippen molar-refractivity contribution in [2.24, 2.45) is 0 Å². The van der Waals surface area contributed by atoms with Crippen molar-refractivity contribution >= 4 is 17.6 Å². The fourth-order valence-corrected chi connectivity index (χ4v) is 2.25. The van der Waals surface area contributed by atoms with Gasteiger partial charge in [0, 0.05) is 6.42 Å². The van der Waals surface area contributed by atoms with Gasteiger partial charge in [0.2, 0.25) is 5.82 Å². The summed E-state index contributed by atoms with van der Waals surface area (Å²) in [5.41, 5.74) is 1.73. The maximum Gasteiger partial charge on any atom is 0.289 e. The normalized spacial score (nSPS) is 17.8. The molecule has 2 aromatic rings. The predicted molar refractivity (Wildman–Crippen MR) is 59.3 cm³/mol. The second kappa shape index (κ2) is 4.06. The first-order valence-electron chi connectivity index (χ1n) is 4.99. The topological polar surface area (TPSA) is 96.5 Å². The molecule has 7 nitrogen and oxygen atoms in total. The molecule has 0 spiro atoms. The number of H-pyrrole nitrogens is 1. The molecule has 0 bridgehead atoms. The van der Waals surface area contributed by atoms with Gasteiger partial charge < -0.3 is 5.32 Å². The molecular formula is C9H8N6OS. The van der Waals surface area contributed by atoms with E-state index >= 15 is 0 Å². The van der Waals surface area contributed by atoms with Crippen LogP contribution >= 0.6 is 11.7 Å². The van der Waals surface area contributed by atoms with Crippen molar-refractivity contribution in [1.29, 1.82) is 0 Å². The second-order valence-electron chi connectivity index (χ2n) is 3.51. The smallest absolute Gasteiger partial charge is 0.289 e. The van der Waals surface area contributed by atoms with Crippen LogP contribution in [0.2, 0.25) is 0 Å². The van der Waals surface area contributed by atoms with E-state index in [0.29, 0.717) is 0 Å². The number of carbonyl (C=O) groups excluding carboxylic acids is 1. The predicted octanol–water partition coefficient (Wildman–Crippen LogP) is 0.240. The van der Waals surface area contributed by atoms with E-state index in [4.69, 9.17) is 0 Å². The van der Waals surface area contributed by atoms with E-state index in [1.54, 1.807) is 0 Å². The number of hydrogen-bond donors (Lipinski definition) is 2. The Balaban J connectivity index is 1.80. The molecule has 0 fully saturated rings. The van der Waals surface area contributed by atoms with E-state index < -0.39 is 0 Å². The Morgan fingerprint density at radius 2 is 2.47 bits per heavy atom. The number of aromatic amines is 1. The maximum absolute atomic E-state index is 11.8. The highest BCUT2D eigenvalue weighted by atomic mass is 32.1. The van der Waals surface area contributed by atoms with Gasteiger partial charge in [-0.05, 0) is 0 Å². The number of nitrogens with zero attached hydrogens (tertiary/aromatic N) is 4. The van der Waals surface area contributed by atoms with E-state index in [-0.39, 0.29) is 17.8 Å². The molecule has 1 aliphatic rings. The van der Waals surface area contributed by atoms with Gasteiger partial charge in [-0.3, -0.25) is 9.89 Å². The Morgan fingerprint density at radius 3 is 3.29 bits per heavy atom. The first kappa shape index (κ1) is 10.1. The molecule has 17 heavy (non-hydrogen) atoms. The number of aromatic nitrogens is 5. The first-order chi connectivity index (χ1) is 8.34. The van der Waals surface area contributed by atoms with Crippen molar-refractivity contribution in [3.05, 3.63) is 35.7 Å². The van der Waals surface area contributed by atoms with Crippen molar-refractivity contribution in [3.8, 4) is 0 Å². The van der Waals surface area contributed by atoms with Crippen LogP contribution in [0.3, 0.4) is 0 Å². The summed E-state index contributed by atoms with van der Waals surface area (Å²) in [6, 6.07) is -0.241. The number of carbonyl (C=O) groups is 1. The van der Waals surface area contributed by atoms with E-state index in [1.165, 1.54) is 6.33 Å². The molecular weight excluding hydrogens is 240 g/mol. The quantitative estimate of drug-likeness (QED) is 0.742. The molecule has 0 aliphatic heterocycles. The average Bonchev–Trinajstić information content (AvgIpc) is 3.00. The number of allylic oxidation sites excluding steroid dienone is 1. The lowest BCUT2D eigenvalue weighted by Gasteiger charge is -2.15. The molecule has 3 rings (SSSR count). The van der Waals surface area contributed by atoms with Crippen molar-refractivity contribution in [2.75, 3.05) is 0 Å². The molecule has 8 heteroatoms. The minimum atomic E-state index is -0.307. The standard InChI is InChI=1S/C9H8N6OS/c16-9(8-10-4-11-13-8)12-5-2-1-3-6-7(5)15-17-14-6/h1-2,4-5H,3H2,(H,12,16)(H,10,11,13)/t5-/m1/s1. The van der Waals surface area contributed by atoms with Gasteiger partial charge in [0.25, 0.3) is 5.91 Å². The fraction of sp³-hybridized carbons (Fsp3) is 0.222. The van der Waals surface area contributed by atoms with Gasteiger partial charge in [-0.1, -0.05) is 12.2 Å². The van der Waals surface area contributed by atoms with Crippen LogP contribution in [0.5, 0.6) is 0 Å². The first-order valence-corrected chi connectivity index (χ1v) is 5.72. The molecule has 0 unspecified atom stereocenters. The van der Waals surface area contributed by atoms with Crippen LogP contribution in [0.25, 0.3) is 0 Å². The van der Waals surface area contributed by atoms with Gasteiger partial charge in [-0.15, -0.1) is 0 Å². The monoisotopic (exact) mass is 248 g/mol. The van der Waals surface area contributed by atoms with E-state index in [1.807, 2.05) is 12.2 Å². The number of hydrogen-bond acceptors (Lipinski definition) is 6. The SMILES string of the molecule is O=C(N[C@@H]1C=CCc2nsnc21)c1ncn[nH]1. The molecule has 1 atom stereocenters. The van der Waals surface area contributed by atoms with Gasteiger partial charge in [-0.2, -0.15) is 13.8 Å². The molecule has 0 aromatic carbocycles. The van der Waals surface area contributed by atoms with Crippen molar-refractivity contribution in [1.82, 2.24) is 29.2 Å². The van der Waals surface area contributed by atoms with E-state index in [2.05, 4.69) is 29.2 Å². The van der Waals surface area contributed by atoms with Gasteiger partial charge in [-0.25, -0.2) is 4.98 Å². The number of rotatable bonds is 2. The largest absolute Gasteiger partial charge is 0.337 e. The van der Waals surface area contributed by atoms with Crippen LogP contribution in [-0.4, -0.2) is 29.8 Å². The Morgan fingerprint density at radius 1 is 1.53 bits per heavy atom. The number of nitrogens with one attached hydrogen (secondary N) is 2. The van der Waals surface area contributed by atoms with Gasteiger partial charge >= 0.3 is 0 Å². The van der Waals surface area contributed by atoms with Crippen LogP contribution in [-0.2, 0) is 6.42 Å². The maximum atomic E-state index is 11.8. The van der Waals surface area contributed by atoms with Gasteiger partial charge in [0.05, 0.1) is 23.5 Å². The summed E-state index contributed by atoms with van der Waals surface area (Å²) in [5.74, 6) is -0.119. The van der Waals surface area contributed by atoms with Crippen LogP contribution in [0, 0.1) is 0 Å². The molecule has 1 aliphatic carbocycles. The van der Waals surface area contributed by atoms with E-state index in [0.717, 1.165) is 29.5 Å². The minimum Gasteiger partial charge on any atom is -0.337 e. The summed E-state index contributed by atoms with van der Waals surface area (Å²) >= 11 is 1.16. The zero-order valence-electron chi connectivity index (χ0n) is 8.62. The zero-order valence-corrected chi connectivity index (χ0v) is 9.44. The summed E-state index contributed by atoms with van der Waals surface area (Å²) in [4.78, 5) is 15.6. The number of amides is 1.